The molecule has 0 fully saturated rings. The minimum atomic E-state index is -1.45. The molecule has 1 aliphatic heterocycles. The minimum absolute atomic E-state index is 0.0883. The van der Waals surface area contributed by atoms with E-state index in [0.29, 0.717) is 21.8 Å². The number of ether oxygens (including phenoxy) is 1. The molecule has 34 heavy (non-hydrogen) atoms. The highest BCUT2D eigenvalue weighted by molar-refractivity contribution is 7.12. The molecule has 1 aliphatic rings. The Bertz CT molecular complexity index is 1020. The second kappa shape index (κ2) is 11.3. The molecule has 3 rings (SSSR count). The maximum absolute atomic E-state index is 13.0. The number of nitrogens with one attached hydrogen (secondary N) is 3. The topological polar surface area (TPSA) is 120 Å². The molecule has 1 unspecified atom stereocenters. The highest BCUT2D eigenvalue weighted by Crippen LogP contribution is 2.44. The van der Waals surface area contributed by atoms with Crippen molar-refractivity contribution >= 4 is 34.7 Å². The zero-order valence-electron chi connectivity index (χ0n) is 20.2. The normalized spacial score (nSPS) is 20.2. The summed E-state index contributed by atoms with van der Waals surface area (Å²) in [4.78, 5) is 26.5. The maximum Gasteiger partial charge on any atom is 0.411 e. The zero-order chi connectivity index (χ0) is 24.9. The second-order valence-corrected chi connectivity index (χ2v) is 10.1. The number of methoxy groups -OCH3 is 1. The number of carbonyl (C=O) groups excluding carboxylic acids is 2. The van der Waals surface area contributed by atoms with Gasteiger partial charge in [0.05, 0.1) is 19.4 Å². The van der Waals surface area contributed by atoms with E-state index in [0.717, 1.165) is 42.7 Å². The summed E-state index contributed by atoms with van der Waals surface area (Å²) in [5.74, 6) is -0.300. The first-order valence-electron chi connectivity index (χ1n) is 11.7. The molecule has 0 spiro atoms. The van der Waals surface area contributed by atoms with E-state index < -0.39 is 18.3 Å². The number of fused-ring (bicyclic) bond motifs is 4. The number of anilines is 2. The lowest BCUT2D eigenvalue weighted by Gasteiger charge is -2.22. The fourth-order valence-electron chi connectivity index (χ4n) is 4.06. The van der Waals surface area contributed by atoms with Crippen LogP contribution >= 0.6 is 11.3 Å². The molecule has 2 heterocycles. The molecule has 186 valence electrons. The standard InChI is InChI=1S/C25H35N3O5S/c1-5-11-26-19-8-6-7-15(2)23(30)28-20-12-16(27-24(31)33-4)9-10-17(20)18-13-21(19)34-22(18)25(3,32)14-29/h9-10,12-13,15,19,26,29,32H,5-8,11,14H2,1-4H3,(H,27,31)(H,28,30)/t15-,19+,25?/m1/s1. The Hall–Kier alpha value is -2.46. The van der Waals surface area contributed by atoms with Crippen LogP contribution in [0.5, 0.6) is 0 Å². The number of amides is 2. The molecule has 1 aromatic carbocycles. The molecule has 1 aromatic heterocycles. The van der Waals surface area contributed by atoms with Crippen molar-refractivity contribution in [3.63, 3.8) is 0 Å². The minimum Gasteiger partial charge on any atom is -0.453 e. The lowest BCUT2D eigenvalue weighted by molar-refractivity contribution is -0.119. The van der Waals surface area contributed by atoms with Crippen molar-refractivity contribution in [2.24, 2.45) is 5.92 Å². The van der Waals surface area contributed by atoms with Crippen LogP contribution in [0.4, 0.5) is 16.2 Å². The number of rotatable bonds is 6. The molecule has 3 atom stereocenters. The largest absolute Gasteiger partial charge is 0.453 e. The van der Waals surface area contributed by atoms with Gasteiger partial charge in [-0.05, 0) is 50.9 Å². The molecule has 0 saturated carbocycles. The van der Waals surface area contributed by atoms with Gasteiger partial charge >= 0.3 is 6.09 Å². The number of aliphatic hydroxyl groups is 2. The van der Waals surface area contributed by atoms with Gasteiger partial charge in [0.1, 0.15) is 5.60 Å². The van der Waals surface area contributed by atoms with Crippen LogP contribution in [-0.4, -0.2) is 42.5 Å². The molecule has 0 aliphatic carbocycles. The molecule has 9 heteroatoms. The van der Waals surface area contributed by atoms with Gasteiger partial charge in [-0.2, -0.15) is 0 Å². The molecular formula is C25H35N3O5S. The van der Waals surface area contributed by atoms with Gasteiger partial charge in [-0.3, -0.25) is 10.1 Å². The Morgan fingerprint density at radius 3 is 2.74 bits per heavy atom. The summed E-state index contributed by atoms with van der Waals surface area (Å²) in [6.07, 6.45) is 2.86. The maximum atomic E-state index is 13.0. The SMILES string of the molecule is CCCN[C@H]1CCC[C@@H](C)C(=O)Nc2cc(NC(=O)OC)ccc2-c2cc1sc2C(C)(O)CO. The van der Waals surface area contributed by atoms with E-state index in [9.17, 15) is 19.8 Å². The number of benzene rings is 1. The fraction of sp³-hybridized carbons (Fsp3) is 0.520. The Balaban J connectivity index is 2.20. The van der Waals surface area contributed by atoms with Crippen LogP contribution < -0.4 is 16.0 Å². The van der Waals surface area contributed by atoms with Crippen molar-refractivity contribution in [3.8, 4) is 11.1 Å². The number of hydrogen-bond acceptors (Lipinski definition) is 7. The van der Waals surface area contributed by atoms with Gasteiger partial charge in [0.25, 0.3) is 0 Å². The lowest BCUT2D eigenvalue weighted by Crippen LogP contribution is -2.25. The van der Waals surface area contributed by atoms with Crippen molar-refractivity contribution in [1.29, 1.82) is 0 Å². The molecule has 0 saturated heterocycles. The molecule has 2 bridgehead atoms. The van der Waals surface area contributed by atoms with E-state index in [4.69, 9.17) is 0 Å². The Kier molecular flexibility index (Phi) is 8.70. The third kappa shape index (κ3) is 5.96. The van der Waals surface area contributed by atoms with Gasteiger partial charge in [-0.1, -0.05) is 26.3 Å². The Morgan fingerprint density at radius 1 is 1.29 bits per heavy atom. The van der Waals surface area contributed by atoms with Crippen molar-refractivity contribution < 1.29 is 24.5 Å². The lowest BCUT2D eigenvalue weighted by atomic mass is 9.93. The second-order valence-electron chi connectivity index (χ2n) is 9.03. The summed E-state index contributed by atoms with van der Waals surface area (Å²) in [6.45, 7) is 6.04. The van der Waals surface area contributed by atoms with Gasteiger partial charge < -0.3 is 25.6 Å². The van der Waals surface area contributed by atoms with E-state index in [2.05, 4.69) is 27.6 Å². The summed E-state index contributed by atoms with van der Waals surface area (Å²) in [5, 5.41) is 30.3. The first-order valence-corrected chi connectivity index (χ1v) is 12.5. The predicted molar refractivity (Wildman–Crippen MR) is 135 cm³/mol. The number of carbonyl (C=O) groups is 2. The van der Waals surface area contributed by atoms with Crippen LogP contribution in [0.2, 0.25) is 0 Å². The molecule has 5 N–H and O–H groups in total. The number of thiophene rings is 1. The number of aliphatic hydroxyl groups excluding tert-OH is 1. The number of hydrogen-bond donors (Lipinski definition) is 5. The van der Waals surface area contributed by atoms with Gasteiger partial charge in [0.15, 0.2) is 0 Å². The molecule has 2 amide bonds. The summed E-state index contributed by atoms with van der Waals surface area (Å²) >= 11 is 1.48. The van der Waals surface area contributed by atoms with Crippen LogP contribution in [-0.2, 0) is 15.1 Å². The van der Waals surface area contributed by atoms with Gasteiger partial charge in [0.2, 0.25) is 5.91 Å². The van der Waals surface area contributed by atoms with Gasteiger partial charge in [-0.15, -0.1) is 11.3 Å². The summed E-state index contributed by atoms with van der Waals surface area (Å²) in [5.41, 5.74) is 0.987. The monoisotopic (exact) mass is 489 g/mol. The van der Waals surface area contributed by atoms with Crippen molar-refractivity contribution in [2.45, 2.75) is 58.1 Å². The van der Waals surface area contributed by atoms with Crippen LogP contribution in [0.15, 0.2) is 24.3 Å². The van der Waals surface area contributed by atoms with Crippen molar-refractivity contribution in [2.75, 3.05) is 30.9 Å². The third-order valence-corrected chi connectivity index (χ3v) is 7.61. The molecular weight excluding hydrogens is 454 g/mol. The van der Waals surface area contributed by atoms with E-state index in [1.54, 1.807) is 25.1 Å². The van der Waals surface area contributed by atoms with Crippen LogP contribution in [0.3, 0.4) is 0 Å². The van der Waals surface area contributed by atoms with E-state index in [-0.39, 0.29) is 17.9 Å². The van der Waals surface area contributed by atoms with Crippen molar-refractivity contribution in [3.05, 3.63) is 34.0 Å². The molecule has 8 nitrogen and oxygen atoms in total. The summed E-state index contributed by atoms with van der Waals surface area (Å²) < 4.78 is 4.69. The fourth-order valence-corrected chi connectivity index (χ4v) is 5.38. The van der Waals surface area contributed by atoms with E-state index in [1.807, 2.05) is 13.0 Å². The van der Waals surface area contributed by atoms with E-state index in [1.165, 1.54) is 18.4 Å². The average Bonchev–Trinajstić information content (AvgIpc) is 3.26. The Morgan fingerprint density at radius 2 is 2.06 bits per heavy atom. The molecule has 2 aromatic rings. The first-order chi connectivity index (χ1) is 16.2. The van der Waals surface area contributed by atoms with Crippen LogP contribution in [0.1, 0.15) is 62.3 Å². The first kappa shape index (κ1) is 26.2. The highest BCUT2D eigenvalue weighted by Gasteiger charge is 2.32. The summed E-state index contributed by atoms with van der Waals surface area (Å²) in [6, 6.07) is 7.34. The summed E-state index contributed by atoms with van der Waals surface area (Å²) in [7, 11) is 1.28. The smallest absolute Gasteiger partial charge is 0.411 e. The van der Waals surface area contributed by atoms with Gasteiger partial charge in [-0.25, -0.2) is 4.79 Å². The predicted octanol–water partition coefficient (Wildman–Crippen LogP) is 4.59. The quantitative estimate of drug-likeness (QED) is 0.405. The van der Waals surface area contributed by atoms with E-state index >= 15 is 0 Å². The third-order valence-electron chi connectivity index (χ3n) is 6.11. The highest BCUT2D eigenvalue weighted by atomic mass is 32.1. The van der Waals surface area contributed by atoms with Crippen molar-refractivity contribution in [1.82, 2.24) is 5.32 Å². The average molecular weight is 490 g/mol. The Labute approximate surface area is 204 Å². The van der Waals surface area contributed by atoms with Crippen LogP contribution in [0.25, 0.3) is 11.1 Å². The van der Waals surface area contributed by atoms with Crippen LogP contribution in [0, 0.1) is 5.92 Å². The zero-order valence-corrected chi connectivity index (χ0v) is 21.1. The molecule has 0 radical (unpaired) electrons. The van der Waals surface area contributed by atoms with Gasteiger partial charge in [0, 0.05) is 38.5 Å².